The monoisotopic (exact) mass is 528 g/mol. The third kappa shape index (κ3) is 6.28. The molecule has 0 unspecified atom stereocenters. The summed E-state index contributed by atoms with van der Waals surface area (Å²) >= 11 is 0. The Morgan fingerprint density at radius 3 is 2.26 bits per heavy atom. The second-order valence-electron chi connectivity index (χ2n) is 9.34. The second kappa shape index (κ2) is 11.8. The number of halogens is 1. The average molecular weight is 529 g/mol. The summed E-state index contributed by atoms with van der Waals surface area (Å²) in [5.74, 6) is 1.10. The zero-order chi connectivity index (χ0) is 27.2. The molecule has 39 heavy (non-hydrogen) atoms. The zero-order valence-electron chi connectivity index (χ0n) is 21.6. The van der Waals surface area contributed by atoms with Gasteiger partial charge in [0.05, 0.1) is 25.0 Å². The number of hydrogen-bond acceptors (Lipinski definition) is 7. The highest BCUT2D eigenvalue weighted by molar-refractivity contribution is 5.79. The van der Waals surface area contributed by atoms with Crippen LogP contribution in [0.5, 0.6) is 5.75 Å². The maximum absolute atomic E-state index is 13.2. The van der Waals surface area contributed by atoms with E-state index in [9.17, 15) is 14.0 Å². The van der Waals surface area contributed by atoms with Gasteiger partial charge in [-0.3, -0.25) is 9.59 Å². The van der Waals surface area contributed by atoms with Crippen LogP contribution in [0, 0.1) is 11.7 Å². The van der Waals surface area contributed by atoms with Crippen molar-refractivity contribution in [1.29, 1.82) is 0 Å². The lowest BCUT2D eigenvalue weighted by Crippen LogP contribution is -2.42. The van der Waals surface area contributed by atoms with E-state index in [4.69, 9.17) is 4.74 Å². The molecular formula is C29H29FN6O3. The number of carbonyl (C=O) groups excluding carboxylic acids is 1. The van der Waals surface area contributed by atoms with Crippen LogP contribution in [-0.4, -0.2) is 52.6 Å². The zero-order valence-corrected chi connectivity index (χ0v) is 21.6. The minimum Gasteiger partial charge on any atom is -0.497 e. The highest BCUT2D eigenvalue weighted by Gasteiger charge is 2.25. The van der Waals surface area contributed by atoms with E-state index < -0.39 is 0 Å². The molecule has 3 heterocycles. The van der Waals surface area contributed by atoms with Crippen molar-refractivity contribution in [3.63, 3.8) is 0 Å². The summed E-state index contributed by atoms with van der Waals surface area (Å²) in [7, 11) is 1.63. The number of amides is 1. The maximum atomic E-state index is 13.2. The van der Waals surface area contributed by atoms with Gasteiger partial charge in [-0.15, -0.1) is 10.2 Å². The lowest BCUT2D eigenvalue weighted by Gasteiger charge is -2.31. The number of carbonyl (C=O) groups is 1. The number of hydrogen-bond donors (Lipinski definition) is 1. The minimum absolute atomic E-state index is 0.0293. The van der Waals surface area contributed by atoms with E-state index in [1.165, 1.54) is 22.9 Å². The van der Waals surface area contributed by atoms with E-state index in [2.05, 4.69) is 25.5 Å². The fraction of sp³-hybridized carbons (Fsp3) is 0.276. The molecule has 1 amide bonds. The summed E-state index contributed by atoms with van der Waals surface area (Å²) in [4.78, 5) is 27.2. The maximum Gasteiger partial charge on any atom is 0.266 e. The van der Waals surface area contributed by atoms with E-state index >= 15 is 0 Å². The quantitative estimate of drug-likeness (QED) is 0.373. The number of benzene rings is 2. The molecule has 0 bridgehead atoms. The van der Waals surface area contributed by atoms with Crippen LogP contribution >= 0.6 is 0 Å². The van der Waals surface area contributed by atoms with Crippen LogP contribution in [0.15, 0.2) is 77.6 Å². The third-order valence-electron chi connectivity index (χ3n) is 6.86. The third-order valence-corrected chi connectivity index (χ3v) is 6.86. The van der Waals surface area contributed by atoms with Crippen LogP contribution in [0.2, 0.25) is 0 Å². The summed E-state index contributed by atoms with van der Waals surface area (Å²) in [6, 6.07) is 20.5. The SMILES string of the molecule is COc1ccc(-c2ccc(N3CCC(C(=O)NCCn4nc(-c5ccc(F)cc5)ccc4=O)CC3)nn2)cc1. The van der Waals surface area contributed by atoms with Crippen LogP contribution in [0.1, 0.15) is 12.8 Å². The van der Waals surface area contributed by atoms with Crippen LogP contribution in [-0.2, 0) is 11.3 Å². The van der Waals surface area contributed by atoms with Gasteiger partial charge in [-0.2, -0.15) is 5.10 Å². The highest BCUT2D eigenvalue weighted by Crippen LogP contribution is 2.24. The molecular weight excluding hydrogens is 499 g/mol. The number of rotatable bonds is 8. The first-order valence-corrected chi connectivity index (χ1v) is 12.8. The molecule has 1 N–H and O–H groups in total. The topological polar surface area (TPSA) is 102 Å². The summed E-state index contributed by atoms with van der Waals surface area (Å²) in [6.07, 6.45) is 1.40. The van der Waals surface area contributed by atoms with Gasteiger partial charge in [0.25, 0.3) is 5.56 Å². The highest BCUT2D eigenvalue weighted by atomic mass is 19.1. The Balaban J connectivity index is 1.11. The summed E-state index contributed by atoms with van der Waals surface area (Å²) in [5.41, 5.74) is 2.76. The molecule has 1 aliphatic rings. The van der Waals surface area contributed by atoms with Gasteiger partial charge in [-0.25, -0.2) is 9.07 Å². The van der Waals surface area contributed by atoms with Gasteiger partial charge in [-0.1, -0.05) is 0 Å². The van der Waals surface area contributed by atoms with Gasteiger partial charge in [0.15, 0.2) is 5.82 Å². The van der Waals surface area contributed by atoms with E-state index in [0.717, 1.165) is 22.8 Å². The molecule has 0 aliphatic carbocycles. The van der Waals surface area contributed by atoms with Gasteiger partial charge >= 0.3 is 0 Å². The van der Waals surface area contributed by atoms with Gasteiger partial charge in [0.1, 0.15) is 11.6 Å². The number of piperidine rings is 1. The first kappa shape index (κ1) is 26.0. The molecule has 9 nitrogen and oxygen atoms in total. The number of aromatic nitrogens is 4. The smallest absolute Gasteiger partial charge is 0.266 e. The predicted molar refractivity (Wildman–Crippen MR) is 146 cm³/mol. The van der Waals surface area contributed by atoms with E-state index in [-0.39, 0.29) is 36.3 Å². The average Bonchev–Trinajstić information content (AvgIpc) is 2.99. The van der Waals surface area contributed by atoms with E-state index in [0.29, 0.717) is 37.2 Å². The van der Waals surface area contributed by atoms with Crippen molar-refractivity contribution in [1.82, 2.24) is 25.3 Å². The number of nitrogens with zero attached hydrogens (tertiary/aromatic N) is 5. The predicted octanol–water partition coefficient (Wildman–Crippen LogP) is 3.55. The van der Waals surface area contributed by atoms with Crippen LogP contribution in [0.4, 0.5) is 10.2 Å². The van der Waals surface area contributed by atoms with Crippen molar-refractivity contribution in [2.45, 2.75) is 19.4 Å². The summed E-state index contributed by atoms with van der Waals surface area (Å²) in [6.45, 7) is 1.94. The molecule has 1 saturated heterocycles. The Morgan fingerprint density at radius 1 is 0.923 bits per heavy atom. The first-order valence-electron chi connectivity index (χ1n) is 12.8. The van der Waals surface area contributed by atoms with E-state index in [1.54, 1.807) is 25.3 Å². The lowest BCUT2D eigenvalue weighted by atomic mass is 9.96. The lowest BCUT2D eigenvalue weighted by molar-refractivity contribution is -0.125. The van der Waals surface area contributed by atoms with Crippen LogP contribution in [0.25, 0.3) is 22.5 Å². The Kier molecular flexibility index (Phi) is 7.91. The molecule has 200 valence electrons. The largest absolute Gasteiger partial charge is 0.497 e. The van der Waals surface area contributed by atoms with Gasteiger partial charge in [0, 0.05) is 42.7 Å². The Labute approximate surface area is 225 Å². The van der Waals surface area contributed by atoms with Crippen LogP contribution < -0.4 is 20.5 Å². The Morgan fingerprint density at radius 2 is 1.59 bits per heavy atom. The second-order valence-corrected chi connectivity index (χ2v) is 9.34. The number of nitrogens with one attached hydrogen (secondary N) is 1. The number of ether oxygens (including phenoxy) is 1. The van der Waals surface area contributed by atoms with Crippen molar-refractivity contribution in [3.8, 4) is 28.3 Å². The molecule has 1 fully saturated rings. The molecule has 4 aromatic rings. The molecule has 0 spiro atoms. The Bertz CT molecular complexity index is 1470. The molecule has 2 aromatic heterocycles. The van der Waals surface area contributed by atoms with Crippen molar-refractivity contribution >= 4 is 11.7 Å². The molecule has 10 heteroatoms. The Hall–Kier alpha value is -4.60. The number of anilines is 1. The first-order chi connectivity index (χ1) is 19.0. The molecule has 5 rings (SSSR count). The van der Waals surface area contributed by atoms with Gasteiger partial charge in [0.2, 0.25) is 5.91 Å². The van der Waals surface area contributed by atoms with Crippen molar-refractivity contribution in [3.05, 3.63) is 89.0 Å². The van der Waals surface area contributed by atoms with Crippen molar-refractivity contribution in [2.75, 3.05) is 31.6 Å². The molecule has 2 aromatic carbocycles. The minimum atomic E-state index is -0.337. The standard InChI is InChI=1S/C29H29FN6O3/c1-39-24-8-4-20(5-9-24)25-10-12-27(33-32-25)35-17-14-22(15-18-35)29(38)31-16-19-36-28(37)13-11-26(34-36)21-2-6-23(30)7-3-21/h2-13,22H,14-19H2,1H3,(H,31,38). The molecule has 0 radical (unpaired) electrons. The fourth-order valence-corrected chi connectivity index (χ4v) is 4.59. The van der Waals surface area contributed by atoms with Crippen molar-refractivity contribution < 1.29 is 13.9 Å². The molecule has 1 aliphatic heterocycles. The number of methoxy groups -OCH3 is 1. The van der Waals surface area contributed by atoms with Gasteiger partial charge in [-0.05, 0) is 79.6 Å². The summed E-state index contributed by atoms with van der Waals surface area (Å²) < 4.78 is 19.7. The normalized spacial score (nSPS) is 13.7. The summed E-state index contributed by atoms with van der Waals surface area (Å²) in [5, 5.41) is 16.1. The van der Waals surface area contributed by atoms with Crippen LogP contribution in [0.3, 0.4) is 0 Å². The fourth-order valence-electron chi connectivity index (χ4n) is 4.59. The van der Waals surface area contributed by atoms with Crippen molar-refractivity contribution in [2.24, 2.45) is 5.92 Å². The molecule has 0 atom stereocenters. The van der Waals surface area contributed by atoms with E-state index in [1.807, 2.05) is 36.4 Å². The molecule has 0 saturated carbocycles. The van der Waals surface area contributed by atoms with Gasteiger partial charge < -0.3 is 15.0 Å².